The van der Waals surface area contributed by atoms with Gasteiger partial charge >= 0.3 is 6.18 Å². The Bertz CT molecular complexity index is 969. The lowest BCUT2D eigenvalue weighted by Gasteiger charge is -2.26. The van der Waals surface area contributed by atoms with Crippen LogP contribution in [0.4, 0.5) is 13.2 Å². The van der Waals surface area contributed by atoms with E-state index in [1.54, 1.807) is 4.90 Å². The van der Waals surface area contributed by atoms with E-state index < -0.39 is 17.3 Å². The fourth-order valence-corrected chi connectivity index (χ4v) is 4.61. The summed E-state index contributed by atoms with van der Waals surface area (Å²) in [6.07, 6.45) is -1.40. The Labute approximate surface area is 153 Å². The second-order valence-corrected chi connectivity index (χ2v) is 7.65. The minimum Gasteiger partial charge on any atom is -0.338 e. The molecule has 5 nitrogen and oxygen atoms in total. The van der Waals surface area contributed by atoms with Gasteiger partial charge in [0, 0.05) is 24.0 Å². The van der Waals surface area contributed by atoms with Crippen molar-refractivity contribution in [3.8, 4) is 0 Å². The molecule has 1 saturated carbocycles. The van der Waals surface area contributed by atoms with Crippen LogP contribution in [0.25, 0.3) is 10.9 Å². The van der Waals surface area contributed by atoms with Gasteiger partial charge in [0.2, 0.25) is 0 Å². The number of amides is 1. The quantitative estimate of drug-likeness (QED) is 0.842. The van der Waals surface area contributed by atoms with Crippen molar-refractivity contribution in [2.75, 3.05) is 19.6 Å². The van der Waals surface area contributed by atoms with E-state index in [1.165, 1.54) is 12.1 Å². The summed E-state index contributed by atoms with van der Waals surface area (Å²) in [6, 6.07) is 4.47. The molecule has 0 unspecified atom stereocenters. The molecule has 0 bridgehead atoms. The lowest BCUT2D eigenvalue weighted by molar-refractivity contribution is -0.137. The Morgan fingerprint density at radius 2 is 2.11 bits per heavy atom. The molecule has 1 aliphatic carbocycles. The molecular weight excluding hydrogens is 359 g/mol. The fraction of sp³-hybridized carbons (Fsp3) is 0.474. The molecule has 0 radical (unpaired) electrons. The number of nitrogens with two attached hydrogens (primary N) is 1. The monoisotopic (exact) mass is 379 g/mol. The van der Waals surface area contributed by atoms with Crippen molar-refractivity contribution in [2.24, 2.45) is 17.1 Å². The van der Waals surface area contributed by atoms with Gasteiger partial charge in [-0.3, -0.25) is 9.59 Å². The molecule has 1 aromatic carbocycles. The second-order valence-electron chi connectivity index (χ2n) is 7.65. The van der Waals surface area contributed by atoms with E-state index in [0.29, 0.717) is 30.9 Å². The van der Waals surface area contributed by atoms with Crippen molar-refractivity contribution in [3.63, 3.8) is 0 Å². The van der Waals surface area contributed by atoms with Crippen molar-refractivity contribution >= 4 is 16.8 Å². The van der Waals surface area contributed by atoms with Gasteiger partial charge in [0.1, 0.15) is 5.56 Å². The molecule has 1 aromatic heterocycles. The van der Waals surface area contributed by atoms with Gasteiger partial charge in [-0.15, -0.1) is 0 Å². The summed E-state index contributed by atoms with van der Waals surface area (Å²) in [4.78, 5) is 29.4. The molecule has 1 saturated heterocycles. The van der Waals surface area contributed by atoms with Gasteiger partial charge in [-0.1, -0.05) is 12.5 Å². The first-order chi connectivity index (χ1) is 12.7. The molecule has 2 heterocycles. The van der Waals surface area contributed by atoms with Gasteiger partial charge in [0.05, 0.1) is 5.56 Å². The molecular formula is C19H20F3N3O2. The number of benzene rings is 1. The van der Waals surface area contributed by atoms with Crippen LogP contribution in [0.15, 0.2) is 29.1 Å². The Balaban J connectivity index is 1.67. The zero-order chi connectivity index (χ0) is 19.4. The molecule has 27 heavy (non-hydrogen) atoms. The maximum atomic E-state index is 12.9. The Hall–Kier alpha value is -2.35. The largest absolute Gasteiger partial charge is 0.416 e. The minimum absolute atomic E-state index is 0.0468. The lowest BCUT2D eigenvalue weighted by Crippen LogP contribution is -2.38. The van der Waals surface area contributed by atoms with Gasteiger partial charge in [-0.2, -0.15) is 13.2 Å². The summed E-state index contributed by atoms with van der Waals surface area (Å²) in [5.74, 6) is -0.0411. The third-order valence-electron chi connectivity index (χ3n) is 6.14. The van der Waals surface area contributed by atoms with Crippen molar-refractivity contribution in [2.45, 2.75) is 25.4 Å². The van der Waals surface area contributed by atoms with Gasteiger partial charge in [0.25, 0.3) is 11.5 Å². The molecule has 0 spiro atoms. The maximum Gasteiger partial charge on any atom is 0.416 e. The number of aromatic amines is 1. The summed E-state index contributed by atoms with van der Waals surface area (Å²) >= 11 is 0. The molecule has 2 fully saturated rings. The minimum atomic E-state index is -4.50. The number of carbonyl (C=O) groups excluding carboxylic acids is 1. The summed E-state index contributed by atoms with van der Waals surface area (Å²) in [5, 5.41) is 0.388. The predicted octanol–water partition coefficient (Wildman–Crippen LogP) is 2.75. The fourth-order valence-electron chi connectivity index (χ4n) is 4.61. The second kappa shape index (κ2) is 6.09. The standard InChI is InChI=1S/C19H20F3N3O2/c20-19(21,22)12-4-3-11-6-14(16(26)24-15(11)7-12)17(27)25-8-13-2-1-5-18(13,9-23)10-25/h3-4,6-7,13H,1-2,5,8-10,23H2,(H,24,26)/t13-,18-/m0/s1. The van der Waals surface area contributed by atoms with E-state index in [4.69, 9.17) is 5.73 Å². The molecule has 2 atom stereocenters. The van der Waals surface area contributed by atoms with Crippen LogP contribution in [0, 0.1) is 11.3 Å². The number of alkyl halides is 3. The number of hydrogen-bond donors (Lipinski definition) is 2. The zero-order valence-corrected chi connectivity index (χ0v) is 14.6. The van der Waals surface area contributed by atoms with Crippen LogP contribution >= 0.6 is 0 Å². The lowest BCUT2D eigenvalue weighted by atomic mass is 9.81. The zero-order valence-electron chi connectivity index (χ0n) is 14.6. The van der Waals surface area contributed by atoms with Crippen molar-refractivity contribution in [3.05, 3.63) is 45.7 Å². The van der Waals surface area contributed by atoms with Gasteiger partial charge in [-0.25, -0.2) is 0 Å². The van der Waals surface area contributed by atoms with Crippen LogP contribution in [0.1, 0.15) is 35.2 Å². The van der Waals surface area contributed by atoms with Crippen molar-refractivity contribution in [1.29, 1.82) is 0 Å². The number of pyridine rings is 1. The topological polar surface area (TPSA) is 79.2 Å². The smallest absolute Gasteiger partial charge is 0.338 e. The highest BCUT2D eigenvalue weighted by Crippen LogP contribution is 2.48. The first kappa shape index (κ1) is 18.0. The molecule has 2 aliphatic rings. The number of carbonyl (C=O) groups is 1. The molecule has 2 aromatic rings. The highest BCUT2D eigenvalue weighted by Gasteiger charge is 2.49. The molecule has 1 amide bonds. The molecule has 3 N–H and O–H groups in total. The SMILES string of the molecule is NC[C@]12CCC[C@H]1CN(C(=O)c1cc3ccc(C(F)(F)F)cc3[nH]c1=O)C2. The number of nitrogens with zero attached hydrogens (tertiary/aromatic N) is 1. The van der Waals surface area contributed by atoms with Crippen LogP contribution < -0.4 is 11.3 Å². The van der Waals surface area contributed by atoms with E-state index in [-0.39, 0.29) is 22.4 Å². The normalized spacial score (nSPS) is 25.2. The number of fused-ring (bicyclic) bond motifs is 2. The highest BCUT2D eigenvalue weighted by atomic mass is 19.4. The van der Waals surface area contributed by atoms with E-state index in [0.717, 1.165) is 31.4 Å². The highest BCUT2D eigenvalue weighted by molar-refractivity contribution is 5.97. The van der Waals surface area contributed by atoms with Gasteiger partial charge in [-0.05, 0) is 48.9 Å². The molecule has 1 aliphatic heterocycles. The average Bonchev–Trinajstić information content (AvgIpc) is 3.16. The van der Waals surface area contributed by atoms with Crippen LogP contribution in [0.3, 0.4) is 0 Å². The number of nitrogens with one attached hydrogen (secondary N) is 1. The van der Waals surface area contributed by atoms with E-state index in [9.17, 15) is 22.8 Å². The summed E-state index contributed by atoms with van der Waals surface area (Å²) in [6.45, 7) is 1.60. The maximum absolute atomic E-state index is 12.9. The van der Waals surface area contributed by atoms with E-state index in [2.05, 4.69) is 4.98 Å². The van der Waals surface area contributed by atoms with Crippen LogP contribution in [0.2, 0.25) is 0 Å². The average molecular weight is 379 g/mol. The number of H-pyrrole nitrogens is 1. The molecule has 144 valence electrons. The number of rotatable bonds is 2. The summed E-state index contributed by atoms with van der Waals surface area (Å²) in [7, 11) is 0. The number of halogens is 3. The van der Waals surface area contributed by atoms with Crippen LogP contribution in [0.5, 0.6) is 0 Å². The first-order valence-electron chi connectivity index (χ1n) is 8.97. The number of hydrogen-bond acceptors (Lipinski definition) is 3. The van der Waals surface area contributed by atoms with E-state index >= 15 is 0 Å². The summed E-state index contributed by atoms with van der Waals surface area (Å²) < 4.78 is 38.5. The molecule has 4 rings (SSSR count). The van der Waals surface area contributed by atoms with Gasteiger partial charge in [0.15, 0.2) is 0 Å². The third kappa shape index (κ3) is 2.92. The van der Waals surface area contributed by atoms with Crippen LogP contribution in [-0.2, 0) is 6.18 Å². The van der Waals surface area contributed by atoms with Crippen molar-refractivity contribution < 1.29 is 18.0 Å². The number of likely N-dealkylation sites (tertiary alicyclic amines) is 1. The van der Waals surface area contributed by atoms with Crippen LogP contribution in [-0.4, -0.2) is 35.4 Å². The van der Waals surface area contributed by atoms with Crippen molar-refractivity contribution in [1.82, 2.24) is 9.88 Å². The number of aromatic nitrogens is 1. The summed E-state index contributed by atoms with van der Waals surface area (Å²) in [5.41, 5.74) is 4.39. The predicted molar refractivity (Wildman–Crippen MR) is 94.3 cm³/mol. The Morgan fingerprint density at radius 1 is 1.33 bits per heavy atom. The first-order valence-corrected chi connectivity index (χ1v) is 8.97. The van der Waals surface area contributed by atoms with E-state index in [1.807, 2.05) is 0 Å². The van der Waals surface area contributed by atoms with Gasteiger partial charge < -0.3 is 15.6 Å². The Morgan fingerprint density at radius 3 is 2.78 bits per heavy atom. The Kier molecular flexibility index (Phi) is 4.06. The molecule has 8 heteroatoms. The third-order valence-corrected chi connectivity index (χ3v) is 6.14.